The summed E-state index contributed by atoms with van der Waals surface area (Å²) >= 11 is 0. The minimum atomic E-state index is -0.322. The summed E-state index contributed by atoms with van der Waals surface area (Å²) in [6, 6.07) is 11.8. The average molecular weight is 285 g/mol. The van der Waals surface area contributed by atoms with E-state index in [9.17, 15) is 9.18 Å². The van der Waals surface area contributed by atoms with Crippen LogP contribution in [0.15, 0.2) is 42.5 Å². The molecule has 0 radical (unpaired) electrons. The van der Waals surface area contributed by atoms with Crippen LogP contribution in [-0.4, -0.2) is 19.1 Å². The highest BCUT2D eigenvalue weighted by molar-refractivity contribution is 5.96. The van der Waals surface area contributed by atoms with Gasteiger partial charge in [0, 0.05) is 12.2 Å². The molecule has 0 unspecified atom stereocenters. The molecule has 108 valence electrons. The van der Waals surface area contributed by atoms with Gasteiger partial charge in [0.15, 0.2) is 6.61 Å². The predicted molar refractivity (Wildman–Crippen MR) is 79.1 cm³/mol. The largest absolute Gasteiger partial charge is 0.484 e. The molecule has 1 aliphatic heterocycles. The molecule has 0 aromatic heterocycles. The molecule has 1 amide bonds. The minimum absolute atomic E-state index is 0.0427. The Morgan fingerprint density at radius 1 is 1.24 bits per heavy atom. The van der Waals surface area contributed by atoms with Crippen LogP contribution in [0.25, 0.3) is 0 Å². The standard InChI is InChI=1S/C17H16FNO2/c1-12-2-7-16-13(10-12)8-9-19(16)17(20)11-21-15-5-3-14(18)4-6-15/h2-7,10H,8-9,11H2,1H3. The Labute approximate surface area is 123 Å². The number of benzene rings is 2. The highest BCUT2D eigenvalue weighted by Crippen LogP contribution is 2.28. The van der Waals surface area contributed by atoms with Gasteiger partial charge in [0.2, 0.25) is 0 Å². The van der Waals surface area contributed by atoms with Crippen molar-refractivity contribution in [3.63, 3.8) is 0 Å². The van der Waals surface area contributed by atoms with Gasteiger partial charge in [-0.1, -0.05) is 17.7 Å². The molecule has 0 saturated carbocycles. The first-order valence-electron chi connectivity index (χ1n) is 6.92. The number of halogens is 1. The van der Waals surface area contributed by atoms with Gasteiger partial charge in [-0.25, -0.2) is 4.39 Å². The van der Waals surface area contributed by atoms with Gasteiger partial charge in [-0.05, 0) is 49.2 Å². The third-order valence-electron chi connectivity index (χ3n) is 3.61. The van der Waals surface area contributed by atoms with Crippen molar-refractivity contribution in [1.29, 1.82) is 0 Å². The summed E-state index contributed by atoms with van der Waals surface area (Å²) in [6.07, 6.45) is 0.874. The van der Waals surface area contributed by atoms with Gasteiger partial charge < -0.3 is 9.64 Å². The van der Waals surface area contributed by atoms with E-state index < -0.39 is 0 Å². The normalized spacial score (nSPS) is 13.1. The molecule has 2 aromatic carbocycles. The van der Waals surface area contributed by atoms with E-state index in [-0.39, 0.29) is 18.3 Å². The Morgan fingerprint density at radius 2 is 2.00 bits per heavy atom. The first kappa shape index (κ1) is 13.6. The van der Waals surface area contributed by atoms with E-state index in [0.717, 1.165) is 12.1 Å². The number of rotatable bonds is 3. The summed E-state index contributed by atoms with van der Waals surface area (Å²) in [5.41, 5.74) is 3.36. The van der Waals surface area contributed by atoms with Crippen molar-refractivity contribution in [2.24, 2.45) is 0 Å². The minimum Gasteiger partial charge on any atom is -0.484 e. The highest BCUT2D eigenvalue weighted by Gasteiger charge is 2.24. The van der Waals surface area contributed by atoms with Crippen molar-refractivity contribution in [1.82, 2.24) is 0 Å². The molecule has 4 heteroatoms. The maximum absolute atomic E-state index is 12.8. The summed E-state index contributed by atoms with van der Waals surface area (Å²) < 4.78 is 18.2. The number of hydrogen-bond acceptors (Lipinski definition) is 2. The van der Waals surface area contributed by atoms with E-state index >= 15 is 0 Å². The summed E-state index contributed by atoms with van der Waals surface area (Å²) in [6.45, 7) is 2.69. The lowest BCUT2D eigenvalue weighted by Gasteiger charge is -2.17. The van der Waals surface area contributed by atoms with Crippen LogP contribution in [0.4, 0.5) is 10.1 Å². The quantitative estimate of drug-likeness (QED) is 0.867. The lowest BCUT2D eigenvalue weighted by atomic mass is 10.1. The average Bonchev–Trinajstić information content (AvgIpc) is 2.89. The Kier molecular flexibility index (Phi) is 3.60. The van der Waals surface area contributed by atoms with Gasteiger partial charge in [-0.15, -0.1) is 0 Å². The lowest BCUT2D eigenvalue weighted by Crippen LogP contribution is -2.33. The van der Waals surface area contributed by atoms with Gasteiger partial charge >= 0.3 is 0 Å². The second kappa shape index (κ2) is 5.56. The number of fused-ring (bicyclic) bond motifs is 1. The number of carbonyl (C=O) groups excluding carboxylic acids is 1. The van der Waals surface area contributed by atoms with Gasteiger partial charge in [0.25, 0.3) is 5.91 Å². The Balaban J connectivity index is 1.66. The number of nitrogens with zero attached hydrogens (tertiary/aromatic N) is 1. The number of carbonyl (C=O) groups is 1. The van der Waals surface area contributed by atoms with E-state index in [1.807, 2.05) is 19.1 Å². The zero-order valence-electron chi connectivity index (χ0n) is 11.8. The number of aryl methyl sites for hydroxylation is 1. The van der Waals surface area contributed by atoms with E-state index in [2.05, 4.69) is 6.07 Å². The molecule has 3 rings (SSSR count). The molecular formula is C17H16FNO2. The molecule has 1 aliphatic rings. The van der Waals surface area contributed by atoms with Crippen LogP contribution in [0, 0.1) is 12.7 Å². The van der Waals surface area contributed by atoms with Crippen LogP contribution < -0.4 is 9.64 Å². The summed E-state index contributed by atoms with van der Waals surface area (Å²) in [5, 5.41) is 0. The second-order valence-corrected chi connectivity index (χ2v) is 5.17. The molecule has 0 saturated heterocycles. The third kappa shape index (κ3) is 2.89. The van der Waals surface area contributed by atoms with Gasteiger partial charge in [0.1, 0.15) is 11.6 Å². The fourth-order valence-corrected chi connectivity index (χ4v) is 2.54. The molecule has 21 heavy (non-hydrogen) atoms. The van der Waals surface area contributed by atoms with Gasteiger partial charge in [-0.2, -0.15) is 0 Å². The SMILES string of the molecule is Cc1ccc2c(c1)CCN2C(=O)COc1ccc(F)cc1. The molecule has 0 fully saturated rings. The number of ether oxygens (including phenoxy) is 1. The van der Waals surface area contributed by atoms with E-state index in [4.69, 9.17) is 4.74 Å². The molecule has 1 heterocycles. The molecule has 3 nitrogen and oxygen atoms in total. The molecule has 0 N–H and O–H groups in total. The predicted octanol–water partition coefficient (Wildman–Crippen LogP) is 3.10. The molecule has 0 spiro atoms. The molecule has 0 aliphatic carbocycles. The third-order valence-corrected chi connectivity index (χ3v) is 3.61. The number of anilines is 1. The Bertz CT molecular complexity index is 667. The van der Waals surface area contributed by atoms with Crippen molar-refractivity contribution in [2.75, 3.05) is 18.1 Å². The zero-order chi connectivity index (χ0) is 14.8. The summed E-state index contributed by atoms with van der Waals surface area (Å²) in [5.74, 6) is 0.0903. The van der Waals surface area contributed by atoms with Gasteiger partial charge in [0.05, 0.1) is 0 Å². The van der Waals surface area contributed by atoms with Gasteiger partial charge in [-0.3, -0.25) is 4.79 Å². The maximum atomic E-state index is 12.8. The van der Waals surface area contributed by atoms with Crippen LogP contribution in [0.5, 0.6) is 5.75 Å². The van der Waals surface area contributed by atoms with E-state index in [0.29, 0.717) is 12.3 Å². The highest BCUT2D eigenvalue weighted by atomic mass is 19.1. The molecule has 0 atom stereocenters. The van der Waals surface area contributed by atoms with Crippen LogP contribution in [0.3, 0.4) is 0 Å². The van der Waals surface area contributed by atoms with E-state index in [1.54, 1.807) is 4.90 Å². The monoisotopic (exact) mass is 285 g/mol. The van der Waals surface area contributed by atoms with Crippen LogP contribution in [-0.2, 0) is 11.2 Å². The van der Waals surface area contributed by atoms with Crippen LogP contribution >= 0.6 is 0 Å². The van der Waals surface area contributed by atoms with Crippen molar-refractivity contribution in [2.45, 2.75) is 13.3 Å². The fourth-order valence-electron chi connectivity index (χ4n) is 2.54. The van der Waals surface area contributed by atoms with Crippen molar-refractivity contribution >= 4 is 11.6 Å². The summed E-state index contributed by atoms with van der Waals surface area (Å²) in [4.78, 5) is 14.0. The smallest absolute Gasteiger partial charge is 0.264 e. The van der Waals surface area contributed by atoms with Crippen molar-refractivity contribution in [3.8, 4) is 5.75 Å². The van der Waals surface area contributed by atoms with Crippen LogP contribution in [0.1, 0.15) is 11.1 Å². The van der Waals surface area contributed by atoms with Crippen molar-refractivity contribution in [3.05, 3.63) is 59.4 Å². The molecule has 0 bridgehead atoms. The first-order valence-corrected chi connectivity index (χ1v) is 6.92. The number of hydrogen-bond donors (Lipinski definition) is 0. The Hall–Kier alpha value is -2.36. The Morgan fingerprint density at radius 3 is 2.76 bits per heavy atom. The molecule has 2 aromatic rings. The van der Waals surface area contributed by atoms with Crippen molar-refractivity contribution < 1.29 is 13.9 Å². The molecular weight excluding hydrogens is 269 g/mol. The fraction of sp³-hybridized carbons (Fsp3) is 0.235. The first-order chi connectivity index (χ1) is 10.1. The topological polar surface area (TPSA) is 29.5 Å². The second-order valence-electron chi connectivity index (χ2n) is 5.17. The number of amides is 1. The zero-order valence-corrected chi connectivity index (χ0v) is 11.8. The lowest BCUT2D eigenvalue weighted by molar-refractivity contribution is -0.120. The maximum Gasteiger partial charge on any atom is 0.264 e. The summed E-state index contributed by atoms with van der Waals surface area (Å²) in [7, 11) is 0. The van der Waals surface area contributed by atoms with Crippen LogP contribution in [0.2, 0.25) is 0 Å². The van der Waals surface area contributed by atoms with E-state index in [1.165, 1.54) is 35.4 Å².